The predicted molar refractivity (Wildman–Crippen MR) is 74.2 cm³/mol. The van der Waals surface area contributed by atoms with Crippen LogP contribution in [-0.4, -0.2) is 24.8 Å². The van der Waals surface area contributed by atoms with E-state index in [9.17, 15) is 0 Å². The lowest BCUT2D eigenvalue weighted by Gasteiger charge is -2.35. The van der Waals surface area contributed by atoms with Crippen molar-refractivity contribution in [3.05, 3.63) is 0 Å². The Morgan fingerprint density at radius 2 is 1.59 bits per heavy atom. The minimum atomic E-state index is 0.393. The first-order valence-corrected chi connectivity index (χ1v) is 7.45. The van der Waals surface area contributed by atoms with Gasteiger partial charge in [0, 0.05) is 12.0 Å². The molecule has 1 fully saturated rings. The molecule has 0 saturated carbocycles. The van der Waals surface area contributed by atoms with Gasteiger partial charge in [-0.05, 0) is 32.2 Å². The molecule has 1 aliphatic rings. The van der Waals surface area contributed by atoms with Crippen LogP contribution in [0.2, 0.25) is 0 Å². The normalized spacial score (nSPS) is 35.5. The second-order valence-corrected chi connectivity index (χ2v) is 5.64. The lowest BCUT2D eigenvalue weighted by Crippen LogP contribution is -2.46. The van der Waals surface area contributed by atoms with E-state index in [-0.39, 0.29) is 0 Å². The summed E-state index contributed by atoms with van der Waals surface area (Å²) < 4.78 is 6.01. The van der Waals surface area contributed by atoms with Crippen molar-refractivity contribution < 1.29 is 4.74 Å². The Hall–Kier alpha value is -0.0800. The number of rotatable bonds is 6. The van der Waals surface area contributed by atoms with Crippen molar-refractivity contribution >= 4 is 0 Å². The van der Waals surface area contributed by atoms with Crippen LogP contribution in [0, 0.1) is 17.8 Å². The second kappa shape index (κ2) is 6.75. The Balaban J connectivity index is 2.82. The van der Waals surface area contributed by atoms with Crippen molar-refractivity contribution in [1.29, 1.82) is 0 Å². The molecule has 1 heterocycles. The van der Waals surface area contributed by atoms with E-state index in [2.05, 4.69) is 46.9 Å². The monoisotopic (exact) mass is 241 g/mol. The SMILES string of the molecule is CCNC(C(CC)CC)C1C(C)OC(C)C1C. The Labute approximate surface area is 108 Å². The molecule has 0 radical (unpaired) electrons. The first-order chi connectivity index (χ1) is 8.06. The van der Waals surface area contributed by atoms with E-state index in [4.69, 9.17) is 4.74 Å². The number of nitrogens with one attached hydrogen (secondary N) is 1. The largest absolute Gasteiger partial charge is 0.375 e. The number of ether oxygens (including phenoxy) is 1. The van der Waals surface area contributed by atoms with E-state index in [1.807, 2.05) is 0 Å². The smallest absolute Gasteiger partial charge is 0.0597 e. The van der Waals surface area contributed by atoms with Gasteiger partial charge in [0.25, 0.3) is 0 Å². The van der Waals surface area contributed by atoms with E-state index in [0.29, 0.717) is 30.1 Å². The molecular weight excluding hydrogens is 210 g/mol. The van der Waals surface area contributed by atoms with Gasteiger partial charge in [-0.15, -0.1) is 0 Å². The van der Waals surface area contributed by atoms with Crippen molar-refractivity contribution in [3.8, 4) is 0 Å². The molecule has 0 aromatic carbocycles. The summed E-state index contributed by atoms with van der Waals surface area (Å²) >= 11 is 0. The molecule has 0 amide bonds. The summed E-state index contributed by atoms with van der Waals surface area (Å²) in [5.41, 5.74) is 0. The molecule has 5 atom stereocenters. The van der Waals surface area contributed by atoms with Crippen LogP contribution in [0.25, 0.3) is 0 Å². The lowest BCUT2D eigenvalue weighted by atomic mass is 9.76. The zero-order valence-corrected chi connectivity index (χ0v) is 12.5. The van der Waals surface area contributed by atoms with Gasteiger partial charge in [0.15, 0.2) is 0 Å². The Kier molecular flexibility index (Phi) is 5.94. The quantitative estimate of drug-likeness (QED) is 0.769. The third-order valence-electron chi connectivity index (χ3n) is 4.73. The van der Waals surface area contributed by atoms with Crippen LogP contribution in [0.4, 0.5) is 0 Å². The van der Waals surface area contributed by atoms with Gasteiger partial charge in [-0.25, -0.2) is 0 Å². The summed E-state index contributed by atoms with van der Waals surface area (Å²) in [6, 6.07) is 0.616. The van der Waals surface area contributed by atoms with Crippen molar-refractivity contribution in [2.75, 3.05) is 6.54 Å². The van der Waals surface area contributed by atoms with Gasteiger partial charge in [0.1, 0.15) is 0 Å². The van der Waals surface area contributed by atoms with E-state index < -0.39 is 0 Å². The van der Waals surface area contributed by atoms with Crippen LogP contribution < -0.4 is 5.32 Å². The van der Waals surface area contributed by atoms with Gasteiger partial charge in [0.2, 0.25) is 0 Å². The maximum Gasteiger partial charge on any atom is 0.0597 e. The summed E-state index contributed by atoms with van der Waals surface area (Å²) in [5.74, 6) is 2.10. The molecule has 1 N–H and O–H groups in total. The summed E-state index contributed by atoms with van der Waals surface area (Å²) in [6.45, 7) is 14.7. The Morgan fingerprint density at radius 1 is 1.00 bits per heavy atom. The van der Waals surface area contributed by atoms with Gasteiger partial charge in [-0.2, -0.15) is 0 Å². The molecule has 1 rings (SSSR count). The topological polar surface area (TPSA) is 21.3 Å². The standard InChI is InChI=1S/C15H31NO/c1-7-13(8-2)15(16-9-3)14-10(4)11(5)17-12(14)6/h10-16H,7-9H2,1-6H3. The van der Waals surface area contributed by atoms with Crippen molar-refractivity contribution in [1.82, 2.24) is 5.32 Å². The molecule has 0 bridgehead atoms. The van der Waals surface area contributed by atoms with Crippen LogP contribution in [0.1, 0.15) is 54.4 Å². The maximum absolute atomic E-state index is 6.01. The van der Waals surface area contributed by atoms with Crippen LogP contribution in [0.15, 0.2) is 0 Å². The fourth-order valence-electron chi connectivity index (χ4n) is 3.56. The molecule has 2 heteroatoms. The summed E-state index contributed by atoms with van der Waals surface area (Å²) in [4.78, 5) is 0. The highest BCUT2D eigenvalue weighted by atomic mass is 16.5. The van der Waals surface area contributed by atoms with Crippen LogP contribution in [-0.2, 0) is 4.74 Å². The molecule has 1 aliphatic heterocycles. The van der Waals surface area contributed by atoms with Gasteiger partial charge in [0.05, 0.1) is 12.2 Å². The first kappa shape index (κ1) is 15.0. The Morgan fingerprint density at radius 3 is 1.94 bits per heavy atom. The third-order valence-corrected chi connectivity index (χ3v) is 4.73. The molecule has 0 aromatic rings. The molecule has 102 valence electrons. The molecule has 5 unspecified atom stereocenters. The summed E-state index contributed by atoms with van der Waals surface area (Å²) in [5, 5.41) is 3.73. The minimum Gasteiger partial charge on any atom is -0.375 e. The molecule has 1 saturated heterocycles. The molecule has 2 nitrogen and oxygen atoms in total. The van der Waals surface area contributed by atoms with Gasteiger partial charge >= 0.3 is 0 Å². The van der Waals surface area contributed by atoms with Crippen molar-refractivity contribution in [3.63, 3.8) is 0 Å². The first-order valence-electron chi connectivity index (χ1n) is 7.45. The van der Waals surface area contributed by atoms with Gasteiger partial charge in [-0.3, -0.25) is 0 Å². The van der Waals surface area contributed by atoms with Gasteiger partial charge in [-0.1, -0.05) is 40.5 Å². The van der Waals surface area contributed by atoms with E-state index in [0.717, 1.165) is 12.5 Å². The third kappa shape index (κ3) is 3.23. The average molecular weight is 241 g/mol. The maximum atomic E-state index is 6.01. The minimum absolute atomic E-state index is 0.393. The molecular formula is C15H31NO. The average Bonchev–Trinajstić information content (AvgIpc) is 2.54. The lowest BCUT2D eigenvalue weighted by molar-refractivity contribution is 0.0441. The molecule has 17 heavy (non-hydrogen) atoms. The molecule has 0 aliphatic carbocycles. The molecule has 0 aromatic heterocycles. The highest BCUT2D eigenvalue weighted by Gasteiger charge is 2.43. The second-order valence-electron chi connectivity index (χ2n) is 5.64. The van der Waals surface area contributed by atoms with Crippen LogP contribution in [0.3, 0.4) is 0 Å². The number of hydrogen-bond donors (Lipinski definition) is 1. The zero-order chi connectivity index (χ0) is 13.0. The van der Waals surface area contributed by atoms with Gasteiger partial charge < -0.3 is 10.1 Å². The van der Waals surface area contributed by atoms with E-state index in [1.54, 1.807) is 0 Å². The van der Waals surface area contributed by atoms with E-state index in [1.165, 1.54) is 12.8 Å². The molecule has 0 spiro atoms. The fraction of sp³-hybridized carbons (Fsp3) is 1.00. The number of hydrogen-bond acceptors (Lipinski definition) is 2. The van der Waals surface area contributed by atoms with Crippen molar-refractivity contribution in [2.24, 2.45) is 17.8 Å². The zero-order valence-electron chi connectivity index (χ0n) is 12.5. The summed E-state index contributed by atoms with van der Waals surface area (Å²) in [7, 11) is 0. The van der Waals surface area contributed by atoms with Crippen molar-refractivity contribution in [2.45, 2.75) is 72.6 Å². The predicted octanol–water partition coefficient (Wildman–Crippen LogP) is 3.46. The van der Waals surface area contributed by atoms with E-state index >= 15 is 0 Å². The highest BCUT2D eigenvalue weighted by Crippen LogP contribution is 2.37. The highest BCUT2D eigenvalue weighted by molar-refractivity contribution is 4.94. The van der Waals surface area contributed by atoms with Crippen LogP contribution >= 0.6 is 0 Å². The van der Waals surface area contributed by atoms with Crippen LogP contribution in [0.5, 0.6) is 0 Å². The summed E-state index contributed by atoms with van der Waals surface area (Å²) in [6.07, 6.45) is 3.33. The fourth-order valence-corrected chi connectivity index (χ4v) is 3.56. The Bertz CT molecular complexity index is 215.